The smallest absolute Gasteiger partial charge is 0.111 e. The summed E-state index contributed by atoms with van der Waals surface area (Å²) in [4.78, 5) is 0. The summed E-state index contributed by atoms with van der Waals surface area (Å²) < 4.78 is 10.1. The summed E-state index contributed by atoms with van der Waals surface area (Å²) in [5.74, 6) is 0. The van der Waals surface area contributed by atoms with Crippen LogP contribution in [0.15, 0.2) is 12.8 Å². The first-order valence-corrected chi connectivity index (χ1v) is 4.22. The normalized spacial score (nSPS) is 9.55. The lowest BCUT2D eigenvalue weighted by Crippen LogP contribution is -2.02. The van der Waals surface area contributed by atoms with E-state index in [1.54, 1.807) is 0 Å². The molecule has 0 amide bonds. The average molecular weight is 158 g/mol. The van der Waals surface area contributed by atoms with Crippen LogP contribution in [0.1, 0.15) is 26.2 Å². The molecule has 0 N–H and O–H groups in total. The summed E-state index contributed by atoms with van der Waals surface area (Å²) in [6.07, 6.45) is 5.09. The van der Waals surface area contributed by atoms with Crippen molar-refractivity contribution in [1.29, 1.82) is 0 Å². The van der Waals surface area contributed by atoms with Crippen molar-refractivity contribution in [3.63, 3.8) is 0 Å². The van der Waals surface area contributed by atoms with Gasteiger partial charge in [0.05, 0.1) is 12.9 Å². The molecule has 2 nitrogen and oxygen atoms in total. The maximum Gasteiger partial charge on any atom is 0.111 e. The Morgan fingerprint density at radius 2 is 2.00 bits per heavy atom. The number of ether oxygens (including phenoxy) is 2. The van der Waals surface area contributed by atoms with E-state index in [9.17, 15) is 0 Å². The third-order valence-electron chi connectivity index (χ3n) is 1.36. The van der Waals surface area contributed by atoms with Gasteiger partial charge in [-0.3, -0.25) is 0 Å². The van der Waals surface area contributed by atoms with Crippen molar-refractivity contribution in [2.24, 2.45) is 0 Å². The summed E-state index contributed by atoms with van der Waals surface area (Å²) in [7, 11) is 0. The first-order chi connectivity index (χ1) is 5.41. The topological polar surface area (TPSA) is 18.5 Å². The number of unbranched alkanes of at least 4 members (excludes halogenated alkanes) is 2. The van der Waals surface area contributed by atoms with Gasteiger partial charge in [0, 0.05) is 6.61 Å². The van der Waals surface area contributed by atoms with Crippen LogP contribution in [0, 0.1) is 0 Å². The molecule has 66 valence electrons. The van der Waals surface area contributed by atoms with Gasteiger partial charge in [0.2, 0.25) is 0 Å². The van der Waals surface area contributed by atoms with Crippen LogP contribution in [0.2, 0.25) is 0 Å². The summed E-state index contributed by atoms with van der Waals surface area (Å²) >= 11 is 0. The number of rotatable bonds is 8. The summed E-state index contributed by atoms with van der Waals surface area (Å²) in [6.45, 7) is 7.76. The molecule has 0 spiro atoms. The molecule has 0 aliphatic rings. The summed E-state index contributed by atoms with van der Waals surface area (Å²) in [5, 5.41) is 0. The lowest BCUT2D eigenvalue weighted by atomic mass is 10.3. The average Bonchev–Trinajstić information content (AvgIpc) is 2.03. The van der Waals surface area contributed by atoms with Gasteiger partial charge in [-0.25, -0.2) is 0 Å². The predicted molar refractivity (Wildman–Crippen MR) is 46.5 cm³/mol. The fraction of sp³-hybridized carbons (Fsp3) is 0.778. The van der Waals surface area contributed by atoms with Gasteiger partial charge < -0.3 is 9.47 Å². The van der Waals surface area contributed by atoms with E-state index < -0.39 is 0 Å². The SMILES string of the molecule is C=COCCOCCCCC. The van der Waals surface area contributed by atoms with Crippen molar-refractivity contribution in [3.05, 3.63) is 12.8 Å². The van der Waals surface area contributed by atoms with Crippen LogP contribution in [-0.2, 0) is 9.47 Å². The minimum atomic E-state index is 0.621. The second-order valence-corrected chi connectivity index (χ2v) is 2.36. The van der Waals surface area contributed by atoms with Crippen molar-refractivity contribution < 1.29 is 9.47 Å². The zero-order valence-corrected chi connectivity index (χ0v) is 7.34. The van der Waals surface area contributed by atoms with Gasteiger partial charge >= 0.3 is 0 Å². The molecule has 0 unspecified atom stereocenters. The van der Waals surface area contributed by atoms with Gasteiger partial charge in [0.25, 0.3) is 0 Å². The summed E-state index contributed by atoms with van der Waals surface area (Å²) in [6, 6.07) is 0. The second kappa shape index (κ2) is 9.50. The quantitative estimate of drug-likeness (QED) is 0.399. The minimum Gasteiger partial charge on any atom is -0.499 e. The van der Waals surface area contributed by atoms with E-state index in [0.29, 0.717) is 13.2 Å². The Balaban J connectivity index is 2.74. The van der Waals surface area contributed by atoms with Gasteiger partial charge in [0.1, 0.15) is 6.61 Å². The molecule has 2 heteroatoms. The molecule has 0 atom stereocenters. The highest BCUT2D eigenvalue weighted by atomic mass is 16.5. The minimum absolute atomic E-state index is 0.621. The second-order valence-electron chi connectivity index (χ2n) is 2.36. The van der Waals surface area contributed by atoms with Crippen LogP contribution in [-0.4, -0.2) is 19.8 Å². The van der Waals surface area contributed by atoms with E-state index in [4.69, 9.17) is 9.47 Å². The van der Waals surface area contributed by atoms with Crippen LogP contribution >= 0.6 is 0 Å². The standard InChI is InChI=1S/C9H18O2/c1-3-5-6-7-11-9-8-10-4-2/h4H,2-3,5-9H2,1H3. The van der Waals surface area contributed by atoms with E-state index in [1.807, 2.05) is 0 Å². The summed E-state index contributed by atoms with van der Waals surface area (Å²) in [5.41, 5.74) is 0. The first-order valence-electron chi connectivity index (χ1n) is 4.22. The molecule has 11 heavy (non-hydrogen) atoms. The van der Waals surface area contributed by atoms with Gasteiger partial charge in [-0.2, -0.15) is 0 Å². The molecular formula is C9H18O2. The highest BCUT2D eigenvalue weighted by Gasteiger charge is 1.87. The van der Waals surface area contributed by atoms with Gasteiger partial charge in [-0.15, -0.1) is 0 Å². The Labute approximate surface area is 69.2 Å². The van der Waals surface area contributed by atoms with Crippen molar-refractivity contribution in [2.75, 3.05) is 19.8 Å². The fourth-order valence-electron chi connectivity index (χ4n) is 0.747. The molecule has 0 aromatic heterocycles. The van der Waals surface area contributed by atoms with E-state index in [2.05, 4.69) is 13.5 Å². The first kappa shape index (κ1) is 10.5. The molecular weight excluding hydrogens is 140 g/mol. The van der Waals surface area contributed by atoms with Crippen LogP contribution in [0.4, 0.5) is 0 Å². The third kappa shape index (κ3) is 9.50. The van der Waals surface area contributed by atoms with Gasteiger partial charge in [-0.05, 0) is 6.42 Å². The maximum absolute atomic E-state index is 5.26. The van der Waals surface area contributed by atoms with Gasteiger partial charge in [-0.1, -0.05) is 26.3 Å². The molecule has 0 radical (unpaired) electrons. The van der Waals surface area contributed by atoms with E-state index in [1.165, 1.54) is 19.1 Å². The van der Waals surface area contributed by atoms with E-state index in [0.717, 1.165) is 13.0 Å². The molecule has 0 saturated heterocycles. The van der Waals surface area contributed by atoms with Crippen molar-refractivity contribution >= 4 is 0 Å². The Bertz CT molecular complexity index is 81.6. The maximum atomic E-state index is 5.26. The van der Waals surface area contributed by atoms with Gasteiger partial charge in [0.15, 0.2) is 0 Å². The van der Waals surface area contributed by atoms with Crippen LogP contribution < -0.4 is 0 Å². The predicted octanol–water partition coefficient (Wildman–Crippen LogP) is 2.35. The molecule has 0 rings (SSSR count). The zero-order valence-electron chi connectivity index (χ0n) is 7.34. The monoisotopic (exact) mass is 158 g/mol. The van der Waals surface area contributed by atoms with E-state index >= 15 is 0 Å². The highest BCUT2D eigenvalue weighted by molar-refractivity contribution is 4.47. The fourth-order valence-corrected chi connectivity index (χ4v) is 0.747. The molecule has 0 aliphatic carbocycles. The molecule has 0 aromatic rings. The Morgan fingerprint density at radius 1 is 1.18 bits per heavy atom. The molecule has 0 fully saturated rings. The highest BCUT2D eigenvalue weighted by Crippen LogP contribution is 1.93. The molecule has 0 bridgehead atoms. The zero-order chi connectivity index (χ0) is 8.36. The lowest BCUT2D eigenvalue weighted by Gasteiger charge is -2.02. The van der Waals surface area contributed by atoms with Crippen LogP contribution in [0.3, 0.4) is 0 Å². The Kier molecular flexibility index (Phi) is 9.07. The van der Waals surface area contributed by atoms with Crippen molar-refractivity contribution in [2.45, 2.75) is 26.2 Å². The third-order valence-corrected chi connectivity index (χ3v) is 1.36. The molecule has 0 aliphatic heterocycles. The molecule has 0 heterocycles. The number of hydrogen-bond acceptors (Lipinski definition) is 2. The molecule has 0 saturated carbocycles. The van der Waals surface area contributed by atoms with Crippen molar-refractivity contribution in [3.8, 4) is 0 Å². The molecule has 0 aromatic carbocycles. The van der Waals surface area contributed by atoms with Crippen LogP contribution in [0.5, 0.6) is 0 Å². The lowest BCUT2D eigenvalue weighted by molar-refractivity contribution is 0.0828. The van der Waals surface area contributed by atoms with Crippen molar-refractivity contribution in [1.82, 2.24) is 0 Å². The Hall–Kier alpha value is -0.500. The van der Waals surface area contributed by atoms with E-state index in [-0.39, 0.29) is 0 Å². The van der Waals surface area contributed by atoms with Crippen LogP contribution in [0.25, 0.3) is 0 Å². The number of hydrogen-bond donors (Lipinski definition) is 0. The largest absolute Gasteiger partial charge is 0.499 e. The Morgan fingerprint density at radius 3 is 2.64 bits per heavy atom.